The highest BCUT2D eigenvalue weighted by atomic mass is 32.2. The van der Waals surface area contributed by atoms with Crippen molar-refractivity contribution in [1.82, 2.24) is 0 Å². The summed E-state index contributed by atoms with van der Waals surface area (Å²) in [6, 6.07) is 18.0. The van der Waals surface area contributed by atoms with Crippen molar-refractivity contribution in [2.45, 2.75) is 9.64 Å². The number of fused-ring (bicyclic) bond motifs is 1. The van der Waals surface area contributed by atoms with E-state index >= 15 is 0 Å². The van der Waals surface area contributed by atoms with Gasteiger partial charge in [0.25, 0.3) is 0 Å². The van der Waals surface area contributed by atoms with Crippen molar-refractivity contribution in [3.63, 3.8) is 0 Å². The zero-order valence-corrected chi connectivity index (χ0v) is 10.6. The van der Waals surface area contributed by atoms with Gasteiger partial charge in [0.1, 0.15) is 11.0 Å². The lowest BCUT2D eigenvalue weighted by Gasteiger charge is -2.28. The number of hydrogen-bond donors (Lipinski definition) is 0. The molecule has 0 radical (unpaired) electrons. The van der Waals surface area contributed by atoms with Gasteiger partial charge in [-0.3, -0.25) is 0 Å². The molecule has 1 nitrogen and oxygen atoms in total. The van der Waals surface area contributed by atoms with Gasteiger partial charge in [0, 0.05) is 4.90 Å². The molecule has 0 amide bonds. The first kappa shape index (κ1) is 11.3. The molecule has 0 spiro atoms. The lowest BCUT2D eigenvalue weighted by Crippen LogP contribution is -2.22. The average molecular weight is 252 g/mol. The summed E-state index contributed by atoms with van der Waals surface area (Å²) in [6.45, 7) is 0. The normalized spacial score (nSPS) is 21.3. The number of aldehydes is 1. The highest BCUT2D eigenvalue weighted by molar-refractivity contribution is 8.01. The molecule has 1 aliphatic heterocycles. The van der Waals surface area contributed by atoms with Crippen molar-refractivity contribution in [2.24, 2.45) is 0 Å². The molecule has 0 aliphatic carbocycles. The van der Waals surface area contributed by atoms with E-state index in [9.17, 15) is 4.79 Å². The molecule has 1 aliphatic rings. The zero-order valence-electron chi connectivity index (χ0n) is 9.74. The Morgan fingerprint density at radius 1 is 0.944 bits per heavy atom. The van der Waals surface area contributed by atoms with Gasteiger partial charge in [-0.15, -0.1) is 11.8 Å². The van der Waals surface area contributed by atoms with E-state index in [1.807, 2.05) is 54.6 Å². The van der Waals surface area contributed by atoms with Crippen molar-refractivity contribution in [1.29, 1.82) is 0 Å². The van der Waals surface area contributed by atoms with E-state index < -0.39 is 4.75 Å². The molecule has 3 rings (SSSR count). The second-order valence-electron chi connectivity index (χ2n) is 4.25. The molecule has 0 bridgehead atoms. The fourth-order valence-corrected chi connectivity index (χ4v) is 3.33. The lowest BCUT2D eigenvalue weighted by molar-refractivity contribution is -0.109. The maximum absolute atomic E-state index is 11.6. The van der Waals surface area contributed by atoms with Gasteiger partial charge in [0.2, 0.25) is 0 Å². The van der Waals surface area contributed by atoms with Gasteiger partial charge in [-0.25, -0.2) is 0 Å². The quantitative estimate of drug-likeness (QED) is 0.754. The Hall–Kier alpha value is -1.80. The minimum Gasteiger partial charge on any atom is -0.301 e. The maximum atomic E-state index is 11.6. The SMILES string of the molecule is O=CC1(c2ccccc2)C=Cc2ccccc2S1. The number of benzene rings is 2. The average Bonchev–Trinajstić information content (AvgIpc) is 2.47. The minimum absolute atomic E-state index is 0.588. The molecule has 0 saturated carbocycles. The summed E-state index contributed by atoms with van der Waals surface area (Å²) in [5.41, 5.74) is 2.20. The van der Waals surface area contributed by atoms with Crippen LogP contribution < -0.4 is 0 Å². The zero-order chi connectivity index (χ0) is 12.4. The summed E-state index contributed by atoms with van der Waals surface area (Å²) in [7, 11) is 0. The van der Waals surface area contributed by atoms with E-state index in [4.69, 9.17) is 0 Å². The van der Waals surface area contributed by atoms with E-state index in [0.717, 1.165) is 16.7 Å². The Labute approximate surface area is 111 Å². The van der Waals surface area contributed by atoms with Crippen molar-refractivity contribution in [2.75, 3.05) is 0 Å². The van der Waals surface area contributed by atoms with Crippen LogP contribution in [0.25, 0.3) is 6.08 Å². The number of carbonyl (C=O) groups is 1. The van der Waals surface area contributed by atoms with Crippen LogP contribution in [0.15, 0.2) is 65.6 Å². The third-order valence-electron chi connectivity index (χ3n) is 3.11. The van der Waals surface area contributed by atoms with Crippen LogP contribution >= 0.6 is 11.8 Å². The monoisotopic (exact) mass is 252 g/mol. The molecular weight excluding hydrogens is 240 g/mol. The maximum Gasteiger partial charge on any atom is 0.144 e. The number of rotatable bonds is 2. The molecule has 2 aromatic carbocycles. The van der Waals surface area contributed by atoms with E-state index in [1.54, 1.807) is 11.8 Å². The molecule has 0 aromatic heterocycles. The molecule has 18 heavy (non-hydrogen) atoms. The van der Waals surface area contributed by atoms with Crippen LogP contribution in [0.1, 0.15) is 11.1 Å². The Balaban J connectivity index is 2.10. The summed E-state index contributed by atoms with van der Waals surface area (Å²) in [4.78, 5) is 12.8. The summed E-state index contributed by atoms with van der Waals surface area (Å²) >= 11 is 1.60. The molecule has 0 saturated heterocycles. The second-order valence-corrected chi connectivity index (χ2v) is 5.57. The van der Waals surface area contributed by atoms with Gasteiger partial charge >= 0.3 is 0 Å². The van der Waals surface area contributed by atoms with E-state index in [-0.39, 0.29) is 0 Å². The highest BCUT2D eigenvalue weighted by Gasteiger charge is 2.33. The van der Waals surface area contributed by atoms with E-state index in [2.05, 4.69) is 12.1 Å². The molecule has 1 heterocycles. The lowest BCUT2D eigenvalue weighted by atomic mass is 9.97. The number of thioether (sulfide) groups is 1. The Bertz CT molecular complexity index is 604. The fraction of sp³-hybridized carbons (Fsp3) is 0.0625. The van der Waals surface area contributed by atoms with E-state index in [1.165, 1.54) is 5.56 Å². The summed E-state index contributed by atoms with van der Waals surface area (Å²) in [5, 5.41) is 0. The Kier molecular flexibility index (Phi) is 2.80. The molecule has 1 unspecified atom stereocenters. The molecule has 88 valence electrons. The second kappa shape index (κ2) is 4.46. The summed E-state index contributed by atoms with van der Waals surface area (Å²) < 4.78 is -0.588. The van der Waals surface area contributed by atoms with Crippen LogP contribution in [0.3, 0.4) is 0 Å². The molecule has 1 atom stereocenters. The van der Waals surface area contributed by atoms with Gasteiger partial charge in [-0.05, 0) is 17.2 Å². The summed E-state index contributed by atoms with van der Waals surface area (Å²) in [6.07, 6.45) is 5.05. The van der Waals surface area contributed by atoms with Gasteiger partial charge in [-0.2, -0.15) is 0 Å². The van der Waals surface area contributed by atoms with Gasteiger partial charge in [0.15, 0.2) is 0 Å². The fourth-order valence-electron chi connectivity index (χ4n) is 2.13. The molecule has 2 aromatic rings. The van der Waals surface area contributed by atoms with Crippen molar-refractivity contribution >= 4 is 24.1 Å². The predicted molar refractivity (Wildman–Crippen MR) is 75.5 cm³/mol. The van der Waals surface area contributed by atoms with Crippen molar-refractivity contribution in [3.05, 3.63) is 71.8 Å². The first-order valence-corrected chi connectivity index (χ1v) is 6.65. The molecule has 0 fully saturated rings. The number of carbonyl (C=O) groups excluding carboxylic acids is 1. The Morgan fingerprint density at radius 3 is 2.44 bits per heavy atom. The van der Waals surface area contributed by atoms with Crippen molar-refractivity contribution < 1.29 is 4.79 Å². The van der Waals surface area contributed by atoms with Crippen molar-refractivity contribution in [3.8, 4) is 0 Å². The first-order valence-electron chi connectivity index (χ1n) is 5.83. The summed E-state index contributed by atoms with van der Waals surface area (Å²) in [5.74, 6) is 0. The molecular formula is C16H12OS. The van der Waals surface area contributed by atoms with Crippen LogP contribution in [0.5, 0.6) is 0 Å². The number of hydrogen-bond acceptors (Lipinski definition) is 2. The standard InChI is InChI=1S/C16H12OS/c17-12-16(14-7-2-1-3-8-14)11-10-13-6-4-5-9-15(13)18-16/h1-12H. The van der Waals surface area contributed by atoms with Gasteiger partial charge in [-0.1, -0.05) is 60.7 Å². The third-order valence-corrected chi connectivity index (χ3v) is 4.51. The Morgan fingerprint density at radius 2 is 1.67 bits per heavy atom. The highest BCUT2D eigenvalue weighted by Crippen LogP contribution is 2.46. The van der Waals surface area contributed by atoms with Gasteiger partial charge in [0.05, 0.1) is 0 Å². The predicted octanol–water partition coefficient (Wildman–Crippen LogP) is 3.90. The van der Waals surface area contributed by atoms with Crippen LogP contribution in [0.4, 0.5) is 0 Å². The molecule has 2 heteroatoms. The minimum atomic E-state index is -0.588. The smallest absolute Gasteiger partial charge is 0.144 e. The van der Waals surface area contributed by atoms with Crippen LogP contribution in [-0.4, -0.2) is 6.29 Å². The topological polar surface area (TPSA) is 17.1 Å². The largest absolute Gasteiger partial charge is 0.301 e. The third kappa shape index (κ3) is 1.79. The van der Waals surface area contributed by atoms with Crippen LogP contribution in [-0.2, 0) is 9.54 Å². The van der Waals surface area contributed by atoms with Crippen LogP contribution in [0, 0.1) is 0 Å². The van der Waals surface area contributed by atoms with Gasteiger partial charge < -0.3 is 4.79 Å². The van der Waals surface area contributed by atoms with E-state index in [0.29, 0.717) is 0 Å². The molecule has 0 N–H and O–H groups in total. The van der Waals surface area contributed by atoms with Crippen LogP contribution in [0.2, 0.25) is 0 Å². The first-order chi connectivity index (χ1) is 8.84.